The van der Waals surface area contributed by atoms with E-state index in [1.807, 2.05) is 5.32 Å². The van der Waals surface area contributed by atoms with Crippen LogP contribution in [0.4, 0.5) is 0 Å². The standard InChI is InChI=1S/C6H9NO2S/c1-3-5(10-2)6(9)7-4-8/h3-4H,1-2H3,(H,7,8,9)/b5-3-. The van der Waals surface area contributed by atoms with Crippen molar-refractivity contribution in [2.24, 2.45) is 0 Å². The summed E-state index contributed by atoms with van der Waals surface area (Å²) in [6.45, 7) is 1.75. The molecule has 0 aliphatic rings. The van der Waals surface area contributed by atoms with Gasteiger partial charge in [0, 0.05) is 0 Å². The van der Waals surface area contributed by atoms with Crippen LogP contribution in [0.5, 0.6) is 0 Å². The molecule has 0 bridgehead atoms. The quantitative estimate of drug-likeness (QED) is 0.482. The second kappa shape index (κ2) is 5.05. The van der Waals surface area contributed by atoms with Crippen molar-refractivity contribution >= 4 is 24.1 Å². The van der Waals surface area contributed by atoms with Gasteiger partial charge in [0.25, 0.3) is 5.91 Å². The first-order valence-corrected chi connectivity index (χ1v) is 3.93. The number of carbonyl (C=O) groups is 2. The molecule has 0 aromatic rings. The van der Waals surface area contributed by atoms with Crippen molar-refractivity contribution in [2.45, 2.75) is 6.92 Å². The molecule has 0 fully saturated rings. The molecule has 2 amide bonds. The molecule has 0 radical (unpaired) electrons. The van der Waals surface area contributed by atoms with Crippen molar-refractivity contribution in [3.63, 3.8) is 0 Å². The highest BCUT2D eigenvalue weighted by molar-refractivity contribution is 8.03. The van der Waals surface area contributed by atoms with Crippen molar-refractivity contribution in [3.8, 4) is 0 Å². The van der Waals surface area contributed by atoms with Crippen LogP contribution in [0.2, 0.25) is 0 Å². The molecule has 0 aliphatic carbocycles. The Balaban J connectivity index is 4.03. The largest absolute Gasteiger partial charge is 0.295 e. The number of imide groups is 1. The van der Waals surface area contributed by atoms with E-state index in [1.165, 1.54) is 11.8 Å². The lowest BCUT2D eigenvalue weighted by molar-refractivity contribution is -0.121. The minimum Gasteiger partial charge on any atom is -0.295 e. The molecule has 0 saturated carbocycles. The minimum absolute atomic E-state index is 0.343. The maximum absolute atomic E-state index is 10.8. The summed E-state index contributed by atoms with van der Waals surface area (Å²) >= 11 is 1.31. The van der Waals surface area contributed by atoms with Gasteiger partial charge < -0.3 is 0 Å². The zero-order valence-corrected chi connectivity index (χ0v) is 6.70. The lowest BCUT2D eigenvalue weighted by Crippen LogP contribution is -2.21. The molecule has 0 unspecified atom stereocenters. The number of nitrogens with one attached hydrogen (secondary N) is 1. The smallest absolute Gasteiger partial charge is 0.263 e. The summed E-state index contributed by atoms with van der Waals surface area (Å²) in [7, 11) is 0. The highest BCUT2D eigenvalue weighted by Crippen LogP contribution is 2.09. The lowest BCUT2D eigenvalue weighted by Gasteiger charge is -1.97. The summed E-state index contributed by atoms with van der Waals surface area (Å²) in [4.78, 5) is 21.1. The number of carbonyl (C=O) groups excluding carboxylic acids is 2. The van der Waals surface area contributed by atoms with Crippen LogP contribution in [0, 0.1) is 0 Å². The third kappa shape index (κ3) is 2.68. The lowest BCUT2D eigenvalue weighted by atomic mass is 10.5. The number of amides is 2. The first kappa shape index (κ1) is 9.23. The monoisotopic (exact) mass is 159 g/mol. The summed E-state index contributed by atoms with van der Waals surface area (Å²) in [5.74, 6) is -0.343. The Morgan fingerprint density at radius 2 is 2.20 bits per heavy atom. The Labute approximate surface area is 63.9 Å². The van der Waals surface area contributed by atoms with Gasteiger partial charge >= 0.3 is 0 Å². The zero-order valence-electron chi connectivity index (χ0n) is 5.88. The van der Waals surface area contributed by atoms with E-state index in [0.29, 0.717) is 11.3 Å². The van der Waals surface area contributed by atoms with Gasteiger partial charge in [0.05, 0.1) is 4.91 Å². The van der Waals surface area contributed by atoms with Crippen molar-refractivity contribution < 1.29 is 9.59 Å². The molecular formula is C6H9NO2S. The first-order chi connectivity index (χ1) is 4.76. The van der Waals surface area contributed by atoms with Gasteiger partial charge in [-0.05, 0) is 13.2 Å². The molecule has 0 heterocycles. The van der Waals surface area contributed by atoms with Gasteiger partial charge in [-0.3, -0.25) is 14.9 Å². The molecule has 0 aliphatic heterocycles. The van der Waals surface area contributed by atoms with E-state index in [4.69, 9.17) is 0 Å². The van der Waals surface area contributed by atoms with E-state index in [2.05, 4.69) is 0 Å². The minimum atomic E-state index is -0.343. The highest BCUT2D eigenvalue weighted by atomic mass is 32.2. The average Bonchev–Trinajstić information content (AvgIpc) is 1.91. The molecule has 1 N–H and O–H groups in total. The van der Waals surface area contributed by atoms with Gasteiger partial charge in [0.15, 0.2) is 0 Å². The molecule has 56 valence electrons. The van der Waals surface area contributed by atoms with E-state index >= 15 is 0 Å². The molecule has 0 aromatic heterocycles. The average molecular weight is 159 g/mol. The number of hydrogen-bond acceptors (Lipinski definition) is 3. The van der Waals surface area contributed by atoms with Crippen LogP contribution in [-0.4, -0.2) is 18.6 Å². The summed E-state index contributed by atoms with van der Waals surface area (Å²) in [6.07, 6.45) is 3.81. The van der Waals surface area contributed by atoms with E-state index in [-0.39, 0.29) is 5.91 Å². The fourth-order valence-electron chi connectivity index (χ4n) is 0.466. The molecule has 0 spiro atoms. The van der Waals surface area contributed by atoms with Gasteiger partial charge in [-0.1, -0.05) is 6.08 Å². The van der Waals surface area contributed by atoms with Crippen molar-refractivity contribution in [2.75, 3.05) is 6.26 Å². The summed E-state index contributed by atoms with van der Waals surface area (Å²) in [5.41, 5.74) is 0. The molecule has 0 aromatic carbocycles. The maximum atomic E-state index is 10.8. The Hall–Kier alpha value is -0.770. The van der Waals surface area contributed by atoms with Crippen LogP contribution >= 0.6 is 11.8 Å². The molecule has 0 saturated heterocycles. The number of rotatable bonds is 3. The van der Waals surface area contributed by atoms with Gasteiger partial charge in [-0.25, -0.2) is 0 Å². The molecule has 3 nitrogen and oxygen atoms in total. The number of allylic oxidation sites excluding steroid dienone is 1. The van der Waals surface area contributed by atoms with Gasteiger partial charge in [0.1, 0.15) is 0 Å². The topological polar surface area (TPSA) is 46.2 Å². The Morgan fingerprint density at radius 1 is 1.60 bits per heavy atom. The summed E-state index contributed by atoms with van der Waals surface area (Å²) in [5, 5.41) is 2.04. The maximum Gasteiger partial charge on any atom is 0.263 e. The highest BCUT2D eigenvalue weighted by Gasteiger charge is 2.03. The van der Waals surface area contributed by atoms with Crippen molar-refractivity contribution in [1.29, 1.82) is 0 Å². The first-order valence-electron chi connectivity index (χ1n) is 2.71. The second-order valence-electron chi connectivity index (χ2n) is 1.45. The van der Waals surface area contributed by atoms with Crippen LogP contribution in [0.25, 0.3) is 0 Å². The Bertz CT molecular complexity index is 165. The predicted molar refractivity (Wildman–Crippen MR) is 41.5 cm³/mol. The fraction of sp³-hybridized carbons (Fsp3) is 0.333. The third-order valence-corrected chi connectivity index (χ3v) is 1.76. The van der Waals surface area contributed by atoms with Crippen LogP contribution < -0.4 is 5.32 Å². The summed E-state index contributed by atoms with van der Waals surface area (Å²) < 4.78 is 0. The number of hydrogen-bond donors (Lipinski definition) is 1. The third-order valence-electron chi connectivity index (χ3n) is 0.896. The van der Waals surface area contributed by atoms with E-state index < -0.39 is 0 Å². The molecule has 4 heteroatoms. The van der Waals surface area contributed by atoms with Gasteiger partial charge in [-0.15, -0.1) is 11.8 Å². The van der Waals surface area contributed by atoms with Crippen LogP contribution in [0.15, 0.2) is 11.0 Å². The Morgan fingerprint density at radius 3 is 2.50 bits per heavy atom. The van der Waals surface area contributed by atoms with Crippen LogP contribution in [-0.2, 0) is 9.59 Å². The van der Waals surface area contributed by atoms with Crippen molar-refractivity contribution in [1.82, 2.24) is 5.32 Å². The predicted octanol–water partition coefficient (Wildman–Crippen LogP) is 0.526. The SMILES string of the molecule is C/C=C(\SC)C(=O)NC=O. The normalized spacial score (nSPS) is 10.8. The van der Waals surface area contributed by atoms with Crippen LogP contribution in [0.1, 0.15) is 6.92 Å². The Kier molecular flexibility index (Phi) is 4.66. The fourth-order valence-corrected chi connectivity index (χ4v) is 0.946. The molecule has 10 heavy (non-hydrogen) atoms. The van der Waals surface area contributed by atoms with E-state index in [1.54, 1.807) is 19.3 Å². The van der Waals surface area contributed by atoms with Gasteiger partial charge in [0.2, 0.25) is 6.41 Å². The summed E-state index contributed by atoms with van der Waals surface area (Å²) in [6, 6.07) is 0. The molecular weight excluding hydrogens is 150 g/mol. The van der Waals surface area contributed by atoms with Gasteiger partial charge in [-0.2, -0.15) is 0 Å². The molecule has 0 rings (SSSR count). The number of thioether (sulfide) groups is 1. The zero-order chi connectivity index (χ0) is 7.98. The van der Waals surface area contributed by atoms with E-state index in [0.717, 1.165) is 0 Å². The van der Waals surface area contributed by atoms with E-state index in [9.17, 15) is 9.59 Å². The second-order valence-corrected chi connectivity index (χ2v) is 2.30. The van der Waals surface area contributed by atoms with Crippen molar-refractivity contribution in [3.05, 3.63) is 11.0 Å². The molecule has 0 atom stereocenters. The van der Waals surface area contributed by atoms with Crippen LogP contribution in [0.3, 0.4) is 0 Å².